The van der Waals surface area contributed by atoms with Gasteiger partial charge in [-0.15, -0.1) is 0 Å². The van der Waals surface area contributed by atoms with Gasteiger partial charge in [-0.05, 0) is 70.6 Å². The third kappa shape index (κ3) is 49.4. The van der Waals surface area contributed by atoms with Crippen molar-refractivity contribution in [2.45, 2.75) is 302 Å². The van der Waals surface area contributed by atoms with E-state index in [4.69, 9.17) is 4.74 Å². The van der Waals surface area contributed by atoms with Gasteiger partial charge in [-0.1, -0.05) is 243 Å². The van der Waals surface area contributed by atoms with E-state index in [9.17, 15) is 19.8 Å². The second kappa shape index (κ2) is 52.7. The number of carbonyl (C=O) groups is 2. The van der Waals surface area contributed by atoms with E-state index in [1.165, 1.54) is 205 Å². The van der Waals surface area contributed by atoms with E-state index in [1.807, 2.05) is 0 Å². The van der Waals surface area contributed by atoms with Crippen molar-refractivity contribution in [1.29, 1.82) is 0 Å². The minimum Gasteiger partial charge on any atom is -0.465 e. The molecule has 0 bridgehead atoms. The van der Waals surface area contributed by atoms with Gasteiger partial charge in [0.15, 0.2) is 0 Å². The maximum Gasteiger partial charge on any atom is 0.305 e. The molecule has 2 atom stereocenters. The summed E-state index contributed by atoms with van der Waals surface area (Å²) < 4.78 is 5.39. The van der Waals surface area contributed by atoms with Crippen molar-refractivity contribution in [3.63, 3.8) is 0 Å². The molecule has 63 heavy (non-hydrogen) atoms. The minimum absolute atomic E-state index is 0.0401. The van der Waals surface area contributed by atoms with E-state index in [-0.39, 0.29) is 18.5 Å². The Morgan fingerprint density at radius 3 is 1.25 bits per heavy atom. The highest BCUT2D eigenvalue weighted by atomic mass is 16.5. The van der Waals surface area contributed by atoms with Crippen LogP contribution in [0.15, 0.2) is 36.5 Å². The molecular formula is C57H107NO5. The summed E-state index contributed by atoms with van der Waals surface area (Å²) in [7, 11) is 0. The predicted molar refractivity (Wildman–Crippen MR) is 273 cm³/mol. The SMILES string of the molecule is CCCCC/C=C\CCCCCCCC(=O)OCC/C=C\C/C=C\CCCCCCCCCCCCCCCCC(=O)NC(CO)C(O)CCCCCCCCCCCCCCC. The Morgan fingerprint density at radius 1 is 0.444 bits per heavy atom. The van der Waals surface area contributed by atoms with Crippen molar-refractivity contribution in [3.8, 4) is 0 Å². The van der Waals surface area contributed by atoms with Crippen LogP contribution in [0.4, 0.5) is 0 Å². The number of carbonyl (C=O) groups excluding carboxylic acids is 2. The minimum atomic E-state index is -0.667. The van der Waals surface area contributed by atoms with E-state index < -0.39 is 12.1 Å². The van der Waals surface area contributed by atoms with Gasteiger partial charge >= 0.3 is 5.97 Å². The van der Waals surface area contributed by atoms with Gasteiger partial charge in [0.05, 0.1) is 25.4 Å². The molecule has 1 amide bonds. The third-order valence-corrected chi connectivity index (χ3v) is 12.7. The normalized spacial score (nSPS) is 12.9. The van der Waals surface area contributed by atoms with E-state index in [0.717, 1.165) is 51.4 Å². The van der Waals surface area contributed by atoms with E-state index in [2.05, 4.69) is 55.6 Å². The Bertz CT molecular complexity index is 1020. The summed E-state index contributed by atoms with van der Waals surface area (Å²) in [6.07, 6.45) is 64.3. The zero-order valence-electron chi connectivity index (χ0n) is 42.1. The Morgan fingerprint density at radius 2 is 0.794 bits per heavy atom. The van der Waals surface area contributed by atoms with Gasteiger partial charge in [0.2, 0.25) is 5.91 Å². The Balaban J connectivity index is 3.46. The number of hydrogen-bond donors (Lipinski definition) is 3. The zero-order valence-corrected chi connectivity index (χ0v) is 42.1. The molecule has 0 aliphatic carbocycles. The molecule has 0 heterocycles. The van der Waals surface area contributed by atoms with Gasteiger partial charge in [-0.3, -0.25) is 9.59 Å². The number of amides is 1. The Kier molecular flexibility index (Phi) is 51.1. The molecule has 370 valence electrons. The Hall–Kier alpha value is -1.92. The van der Waals surface area contributed by atoms with Gasteiger partial charge < -0.3 is 20.3 Å². The molecule has 6 heteroatoms. The van der Waals surface area contributed by atoms with Crippen LogP contribution in [0.25, 0.3) is 0 Å². The van der Waals surface area contributed by atoms with Crippen LogP contribution < -0.4 is 5.32 Å². The smallest absolute Gasteiger partial charge is 0.305 e. The van der Waals surface area contributed by atoms with Crippen LogP contribution in [0.1, 0.15) is 290 Å². The first-order valence-electron chi connectivity index (χ1n) is 27.7. The molecule has 0 saturated carbocycles. The van der Waals surface area contributed by atoms with Crippen LogP contribution in [0.5, 0.6) is 0 Å². The number of ether oxygens (including phenoxy) is 1. The number of nitrogens with one attached hydrogen (secondary N) is 1. The topological polar surface area (TPSA) is 95.9 Å². The predicted octanol–water partition coefficient (Wildman–Crippen LogP) is 16.9. The second-order valence-electron chi connectivity index (χ2n) is 18.9. The second-order valence-corrected chi connectivity index (χ2v) is 18.9. The first-order chi connectivity index (χ1) is 31.0. The number of aliphatic hydroxyl groups excluding tert-OH is 2. The van der Waals surface area contributed by atoms with E-state index in [0.29, 0.717) is 25.9 Å². The van der Waals surface area contributed by atoms with Gasteiger partial charge in [0, 0.05) is 12.8 Å². The quantitative estimate of drug-likeness (QED) is 0.0321. The van der Waals surface area contributed by atoms with Crippen molar-refractivity contribution < 1.29 is 24.5 Å². The lowest BCUT2D eigenvalue weighted by molar-refractivity contribution is -0.143. The lowest BCUT2D eigenvalue weighted by Gasteiger charge is -2.22. The average Bonchev–Trinajstić information content (AvgIpc) is 3.28. The summed E-state index contributed by atoms with van der Waals surface area (Å²) in [6.45, 7) is 4.81. The number of hydrogen-bond acceptors (Lipinski definition) is 5. The van der Waals surface area contributed by atoms with Crippen LogP contribution in [-0.4, -0.2) is 47.4 Å². The summed E-state index contributed by atoms with van der Waals surface area (Å²) in [6, 6.07) is -0.545. The maximum absolute atomic E-state index is 12.4. The lowest BCUT2D eigenvalue weighted by Crippen LogP contribution is -2.45. The number of allylic oxidation sites excluding steroid dienone is 5. The number of rotatable bonds is 51. The molecule has 0 rings (SSSR count). The molecule has 0 aliphatic rings. The average molecular weight is 886 g/mol. The molecule has 0 radical (unpaired) electrons. The molecule has 6 nitrogen and oxygen atoms in total. The fourth-order valence-electron chi connectivity index (χ4n) is 8.41. The third-order valence-electron chi connectivity index (χ3n) is 12.7. The van der Waals surface area contributed by atoms with Crippen LogP contribution in [0, 0.1) is 0 Å². The van der Waals surface area contributed by atoms with Gasteiger partial charge in [-0.25, -0.2) is 0 Å². The van der Waals surface area contributed by atoms with Gasteiger partial charge in [-0.2, -0.15) is 0 Å². The van der Waals surface area contributed by atoms with Crippen molar-refractivity contribution in [3.05, 3.63) is 36.5 Å². The fourth-order valence-corrected chi connectivity index (χ4v) is 8.41. The standard InChI is InChI=1S/C57H107NO5/c1-3-5-7-9-11-13-15-26-29-33-37-41-45-49-55(60)54(53-59)58-56(61)50-46-42-38-34-30-27-24-22-20-18-17-19-21-23-25-28-32-36-40-44-48-52-63-57(62)51-47-43-39-35-31-16-14-12-10-8-6-4-2/h12,14,28,32,40,44,54-55,59-60H,3-11,13,15-27,29-31,33-39,41-43,45-53H2,1-2H3,(H,58,61)/b14-12-,32-28-,44-40-. The van der Waals surface area contributed by atoms with Crippen molar-refractivity contribution in [2.24, 2.45) is 0 Å². The van der Waals surface area contributed by atoms with Crippen molar-refractivity contribution >= 4 is 11.9 Å². The first kappa shape index (κ1) is 61.1. The van der Waals surface area contributed by atoms with Crippen molar-refractivity contribution in [2.75, 3.05) is 13.2 Å². The highest BCUT2D eigenvalue weighted by Gasteiger charge is 2.20. The van der Waals surface area contributed by atoms with Crippen LogP contribution in [-0.2, 0) is 14.3 Å². The molecule has 0 aromatic heterocycles. The molecule has 2 unspecified atom stereocenters. The van der Waals surface area contributed by atoms with Gasteiger partial charge in [0.25, 0.3) is 0 Å². The molecule has 0 aliphatic heterocycles. The maximum atomic E-state index is 12.4. The number of esters is 1. The monoisotopic (exact) mass is 886 g/mol. The number of aliphatic hydroxyl groups is 2. The highest BCUT2D eigenvalue weighted by Crippen LogP contribution is 2.17. The molecule has 0 aromatic carbocycles. The summed E-state index contributed by atoms with van der Waals surface area (Å²) in [5.74, 6) is -0.0857. The van der Waals surface area contributed by atoms with E-state index >= 15 is 0 Å². The summed E-state index contributed by atoms with van der Waals surface area (Å²) >= 11 is 0. The van der Waals surface area contributed by atoms with E-state index in [1.54, 1.807) is 0 Å². The highest BCUT2D eigenvalue weighted by molar-refractivity contribution is 5.76. The largest absolute Gasteiger partial charge is 0.465 e. The van der Waals surface area contributed by atoms with Crippen LogP contribution >= 0.6 is 0 Å². The lowest BCUT2D eigenvalue weighted by atomic mass is 10.0. The molecule has 0 saturated heterocycles. The summed E-state index contributed by atoms with van der Waals surface area (Å²) in [5, 5.41) is 23.2. The van der Waals surface area contributed by atoms with Crippen molar-refractivity contribution in [1.82, 2.24) is 5.32 Å². The summed E-state index contributed by atoms with van der Waals surface area (Å²) in [5.41, 5.74) is 0. The molecule has 0 aromatic rings. The molecule has 3 N–H and O–H groups in total. The van der Waals surface area contributed by atoms with Crippen LogP contribution in [0.3, 0.4) is 0 Å². The Labute approximate surface area is 392 Å². The van der Waals surface area contributed by atoms with Gasteiger partial charge in [0.1, 0.15) is 0 Å². The van der Waals surface area contributed by atoms with Crippen LogP contribution in [0.2, 0.25) is 0 Å². The molecule has 0 fully saturated rings. The summed E-state index contributed by atoms with van der Waals surface area (Å²) in [4.78, 5) is 24.4. The fraction of sp³-hybridized carbons (Fsp3) is 0.860. The molecular weight excluding hydrogens is 779 g/mol. The first-order valence-corrected chi connectivity index (χ1v) is 27.7. The zero-order chi connectivity index (χ0) is 45.8. The number of unbranched alkanes of at least 4 members (excludes halogenated alkanes) is 34. The molecule has 0 spiro atoms.